The van der Waals surface area contributed by atoms with E-state index in [2.05, 4.69) is 10.3 Å². The van der Waals surface area contributed by atoms with Gasteiger partial charge in [-0.25, -0.2) is 15.0 Å². The summed E-state index contributed by atoms with van der Waals surface area (Å²) in [7, 11) is 1.85. The van der Waals surface area contributed by atoms with Gasteiger partial charge in [0.2, 0.25) is 11.7 Å². The number of carbonyl (C=O) groups is 2. The fourth-order valence-corrected chi connectivity index (χ4v) is 4.36. The van der Waals surface area contributed by atoms with Crippen LogP contribution in [0.15, 0.2) is 4.42 Å². The Hall–Kier alpha value is -2.97. The average Bonchev–Trinajstić information content (AvgIpc) is 3.09. The number of likely N-dealkylation sites (tertiary alicyclic amines) is 1. The van der Waals surface area contributed by atoms with E-state index in [4.69, 9.17) is 14.4 Å². The molecule has 2 aromatic rings. The molecule has 0 spiro atoms. The van der Waals surface area contributed by atoms with Crippen molar-refractivity contribution in [3.05, 3.63) is 34.4 Å². The minimum Gasteiger partial charge on any atom is -0.436 e. The third-order valence-electron chi connectivity index (χ3n) is 5.94. The number of nitrogens with zero attached hydrogens (tertiary/aromatic N) is 5. The molecule has 2 aliphatic heterocycles. The summed E-state index contributed by atoms with van der Waals surface area (Å²) in [5.41, 5.74) is 2.52. The van der Waals surface area contributed by atoms with Crippen LogP contribution in [0.1, 0.15) is 64.9 Å². The molecule has 0 saturated carbocycles. The van der Waals surface area contributed by atoms with Crippen LogP contribution in [0.5, 0.6) is 0 Å². The van der Waals surface area contributed by atoms with Crippen molar-refractivity contribution in [2.24, 2.45) is 0 Å². The number of oxazole rings is 1. The summed E-state index contributed by atoms with van der Waals surface area (Å²) in [5.74, 6) is 2.36. The van der Waals surface area contributed by atoms with Gasteiger partial charge in [0.1, 0.15) is 11.6 Å². The molecule has 0 aromatic carbocycles. The van der Waals surface area contributed by atoms with Crippen LogP contribution < -0.4 is 5.32 Å². The second-order valence-electron chi connectivity index (χ2n) is 8.03. The molecule has 9 heteroatoms. The van der Waals surface area contributed by atoms with Gasteiger partial charge in [0.05, 0.1) is 17.9 Å². The van der Waals surface area contributed by atoms with E-state index in [1.165, 1.54) is 0 Å². The van der Waals surface area contributed by atoms with E-state index < -0.39 is 0 Å². The largest absolute Gasteiger partial charge is 0.436 e. The molecule has 9 nitrogen and oxygen atoms in total. The number of rotatable bonds is 3. The van der Waals surface area contributed by atoms with Gasteiger partial charge in [-0.05, 0) is 26.2 Å². The van der Waals surface area contributed by atoms with Crippen LogP contribution in [0.3, 0.4) is 0 Å². The number of aromatic nitrogens is 3. The first-order valence-corrected chi connectivity index (χ1v) is 10.4. The topological polar surface area (TPSA) is 104 Å². The maximum absolute atomic E-state index is 13.0. The molecule has 160 valence electrons. The molecule has 0 radical (unpaired) electrons. The number of amides is 2. The highest BCUT2D eigenvalue weighted by molar-refractivity contribution is 5.92. The van der Waals surface area contributed by atoms with Gasteiger partial charge in [-0.1, -0.05) is 0 Å². The number of hydrogen-bond acceptors (Lipinski definition) is 7. The Kier molecular flexibility index (Phi) is 5.44. The summed E-state index contributed by atoms with van der Waals surface area (Å²) < 4.78 is 5.53. The minimum absolute atomic E-state index is 0.0843. The predicted molar refractivity (Wildman–Crippen MR) is 110 cm³/mol. The lowest BCUT2D eigenvalue weighted by molar-refractivity contribution is -0.130. The third kappa shape index (κ3) is 3.76. The Morgan fingerprint density at radius 2 is 1.93 bits per heavy atom. The molecule has 30 heavy (non-hydrogen) atoms. The second kappa shape index (κ2) is 8.04. The first kappa shape index (κ1) is 20.3. The van der Waals surface area contributed by atoms with E-state index in [0.29, 0.717) is 43.4 Å². The van der Waals surface area contributed by atoms with Gasteiger partial charge >= 0.3 is 0 Å². The van der Waals surface area contributed by atoms with Crippen LogP contribution >= 0.6 is 0 Å². The molecule has 4 rings (SSSR count). The van der Waals surface area contributed by atoms with Crippen molar-refractivity contribution >= 4 is 17.6 Å². The zero-order valence-corrected chi connectivity index (χ0v) is 18.0. The predicted octanol–water partition coefficient (Wildman–Crippen LogP) is 2.05. The van der Waals surface area contributed by atoms with E-state index in [1.807, 2.05) is 11.9 Å². The van der Waals surface area contributed by atoms with Crippen molar-refractivity contribution < 1.29 is 14.0 Å². The lowest BCUT2D eigenvalue weighted by Crippen LogP contribution is -2.39. The van der Waals surface area contributed by atoms with E-state index >= 15 is 0 Å². The highest BCUT2D eigenvalue weighted by Gasteiger charge is 2.31. The van der Waals surface area contributed by atoms with Crippen molar-refractivity contribution in [3.8, 4) is 0 Å². The van der Waals surface area contributed by atoms with Gasteiger partial charge in [0.25, 0.3) is 5.91 Å². The lowest BCUT2D eigenvalue weighted by atomic mass is 9.96. The van der Waals surface area contributed by atoms with E-state index in [9.17, 15) is 9.59 Å². The van der Waals surface area contributed by atoms with Crippen molar-refractivity contribution in [3.63, 3.8) is 0 Å². The number of anilines is 1. The summed E-state index contributed by atoms with van der Waals surface area (Å²) in [6.45, 7) is 7.52. The number of carbonyl (C=O) groups excluding carboxylic acids is 2. The third-order valence-corrected chi connectivity index (χ3v) is 5.94. The van der Waals surface area contributed by atoms with Gasteiger partial charge in [-0.15, -0.1) is 0 Å². The van der Waals surface area contributed by atoms with Gasteiger partial charge in [0.15, 0.2) is 5.89 Å². The summed E-state index contributed by atoms with van der Waals surface area (Å²) in [5, 5.41) is 3.19. The van der Waals surface area contributed by atoms with Crippen LogP contribution in [0.25, 0.3) is 0 Å². The summed E-state index contributed by atoms with van der Waals surface area (Å²) in [4.78, 5) is 42.3. The maximum atomic E-state index is 13.0. The fraction of sp³-hybridized carbons (Fsp3) is 0.571. The molecule has 2 amide bonds. The smallest absolute Gasteiger partial charge is 0.291 e. The Morgan fingerprint density at radius 3 is 2.60 bits per heavy atom. The first-order valence-electron chi connectivity index (χ1n) is 10.4. The average molecular weight is 412 g/mol. The SMILES string of the molecule is CNc1nc([C@@H]2CCCN(C(C)=O)C2)nc2c1CCN(C(=O)c1oc(C)nc1C)C2. The molecule has 1 atom stereocenters. The van der Waals surface area contributed by atoms with Crippen LogP contribution in [0.4, 0.5) is 5.82 Å². The van der Waals surface area contributed by atoms with E-state index in [0.717, 1.165) is 42.3 Å². The summed E-state index contributed by atoms with van der Waals surface area (Å²) >= 11 is 0. The molecule has 2 aliphatic rings. The second-order valence-corrected chi connectivity index (χ2v) is 8.03. The van der Waals surface area contributed by atoms with Crippen molar-refractivity contribution in [2.45, 2.75) is 52.5 Å². The van der Waals surface area contributed by atoms with Gasteiger partial charge < -0.3 is 19.5 Å². The number of fused-ring (bicyclic) bond motifs is 1. The number of aryl methyl sites for hydroxylation is 2. The summed E-state index contributed by atoms with van der Waals surface area (Å²) in [6, 6.07) is 0. The maximum Gasteiger partial charge on any atom is 0.291 e. The zero-order valence-electron chi connectivity index (χ0n) is 18.0. The highest BCUT2D eigenvalue weighted by Crippen LogP contribution is 2.30. The standard InChI is InChI=1S/C21H28N6O3/c1-12-18(30-13(2)23-12)21(29)27-9-7-16-17(11-27)24-19(25-20(16)22-4)15-6-5-8-26(10-15)14(3)28/h15H,5-11H2,1-4H3,(H,22,24,25)/t15-/m1/s1. The van der Waals surface area contributed by atoms with Gasteiger partial charge in [-0.2, -0.15) is 0 Å². The molecule has 0 unspecified atom stereocenters. The van der Waals surface area contributed by atoms with Gasteiger partial charge in [0, 0.05) is 52.0 Å². The first-order chi connectivity index (χ1) is 14.4. The monoisotopic (exact) mass is 412 g/mol. The molecule has 2 aromatic heterocycles. The van der Waals surface area contributed by atoms with Crippen molar-refractivity contribution in [1.29, 1.82) is 0 Å². The molecular formula is C21H28N6O3. The van der Waals surface area contributed by atoms with Crippen molar-refractivity contribution in [1.82, 2.24) is 24.8 Å². The van der Waals surface area contributed by atoms with Gasteiger partial charge in [-0.3, -0.25) is 9.59 Å². The van der Waals surface area contributed by atoms with E-state index in [-0.39, 0.29) is 17.7 Å². The molecule has 1 N–H and O–H groups in total. The molecule has 0 aliphatic carbocycles. The molecule has 1 fully saturated rings. The molecular weight excluding hydrogens is 384 g/mol. The normalized spacial score (nSPS) is 18.9. The quantitative estimate of drug-likeness (QED) is 0.823. The minimum atomic E-state index is -0.162. The van der Waals surface area contributed by atoms with Crippen LogP contribution in [0.2, 0.25) is 0 Å². The molecule has 1 saturated heterocycles. The van der Waals surface area contributed by atoms with Crippen LogP contribution in [0, 0.1) is 13.8 Å². The van der Waals surface area contributed by atoms with Crippen LogP contribution in [-0.2, 0) is 17.8 Å². The number of piperidine rings is 1. The Bertz CT molecular complexity index is 985. The number of nitrogens with one attached hydrogen (secondary N) is 1. The Balaban J connectivity index is 1.61. The van der Waals surface area contributed by atoms with E-state index in [1.54, 1.807) is 25.7 Å². The zero-order chi connectivity index (χ0) is 21.4. The lowest BCUT2D eigenvalue weighted by Gasteiger charge is -2.33. The van der Waals surface area contributed by atoms with Crippen molar-refractivity contribution in [2.75, 3.05) is 32.0 Å². The van der Waals surface area contributed by atoms with Crippen LogP contribution in [-0.4, -0.2) is 63.2 Å². The fourth-order valence-electron chi connectivity index (χ4n) is 4.36. The number of hydrogen-bond donors (Lipinski definition) is 1. The Labute approximate surface area is 175 Å². The summed E-state index contributed by atoms with van der Waals surface area (Å²) in [6.07, 6.45) is 2.56. The molecule has 0 bridgehead atoms. The molecule has 4 heterocycles. The Morgan fingerprint density at radius 1 is 1.13 bits per heavy atom. The highest BCUT2D eigenvalue weighted by atomic mass is 16.4.